The van der Waals surface area contributed by atoms with Crippen LogP contribution in [0.5, 0.6) is 0 Å². The van der Waals surface area contributed by atoms with Crippen LogP contribution in [-0.2, 0) is 6.54 Å². The lowest BCUT2D eigenvalue weighted by Gasteiger charge is -2.18. The first-order valence-corrected chi connectivity index (χ1v) is 5.64. The minimum Gasteiger partial charge on any atom is -0.477 e. The zero-order valence-electron chi connectivity index (χ0n) is 10.4. The number of carboxylic acid groups (broad SMARTS) is 1. The molecule has 0 fully saturated rings. The second-order valence-electron chi connectivity index (χ2n) is 4.33. The highest BCUT2D eigenvalue weighted by molar-refractivity contribution is 5.92. The average molecular weight is 285 g/mol. The fraction of sp³-hybridized carbons (Fsp3) is 0.231. The summed E-state index contributed by atoms with van der Waals surface area (Å²) in [6.45, 7) is -0.249. The molecule has 1 N–H and O–H groups in total. The molecule has 1 aromatic carbocycles. The molecular weight excluding hydrogens is 275 g/mol. The number of nitrogens with zero attached hydrogens (tertiary/aromatic N) is 1. The van der Waals surface area contributed by atoms with E-state index in [0.29, 0.717) is 4.57 Å². The third kappa shape index (κ3) is 2.38. The van der Waals surface area contributed by atoms with Crippen molar-refractivity contribution in [3.05, 3.63) is 45.7 Å². The van der Waals surface area contributed by atoms with Gasteiger partial charge in [-0.05, 0) is 19.1 Å². The van der Waals surface area contributed by atoms with Crippen molar-refractivity contribution in [3.8, 4) is 0 Å². The summed E-state index contributed by atoms with van der Waals surface area (Å²) in [6, 6.07) is 5.65. The molecule has 0 unspecified atom stereocenters. The highest BCUT2D eigenvalue weighted by atomic mass is 19.4. The van der Waals surface area contributed by atoms with Crippen LogP contribution in [0.25, 0.3) is 10.9 Å². The highest BCUT2D eigenvalue weighted by Gasteiger charge is 2.31. The Balaban J connectivity index is 2.94. The molecule has 0 saturated heterocycles. The summed E-state index contributed by atoms with van der Waals surface area (Å²) in [5.41, 5.74) is -1.46. The molecule has 0 atom stereocenters. The minimum atomic E-state index is -4.59. The van der Waals surface area contributed by atoms with E-state index in [1.54, 1.807) is 0 Å². The monoisotopic (exact) mass is 285 g/mol. The molecular formula is C13H10F3NO3. The number of aromatic nitrogens is 1. The number of aromatic carboxylic acids is 1. The molecule has 7 heteroatoms. The summed E-state index contributed by atoms with van der Waals surface area (Å²) >= 11 is 0. The molecule has 106 valence electrons. The fourth-order valence-corrected chi connectivity index (χ4v) is 2.15. The topological polar surface area (TPSA) is 59.3 Å². The molecule has 0 aliphatic carbocycles. The van der Waals surface area contributed by atoms with Crippen molar-refractivity contribution < 1.29 is 23.1 Å². The first kappa shape index (κ1) is 14.1. The molecule has 0 bridgehead atoms. The van der Waals surface area contributed by atoms with E-state index >= 15 is 0 Å². The van der Waals surface area contributed by atoms with Crippen molar-refractivity contribution in [1.29, 1.82) is 0 Å². The third-order valence-corrected chi connectivity index (χ3v) is 2.95. The number of para-hydroxylation sites is 1. The van der Waals surface area contributed by atoms with Crippen LogP contribution in [-0.4, -0.2) is 21.8 Å². The molecule has 0 saturated carbocycles. The van der Waals surface area contributed by atoms with E-state index in [0.717, 1.165) is 0 Å². The van der Waals surface area contributed by atoms with Gasteiger partial charge in [0, 0.05) is 10.9 Å². The van der Waals surface area contributed by atoms with E-state index in [9.17, 15) is 22.8 Å². The molecule has 1 aromatic heterocycles. The van der Waals surface area contributed by atoms with Crippen molar-refractivity contribution in [2.24, 2.45) is 0 Å². The number of carboxylic acids is 1. The van der Waals surface area contributed by atoms with Gasteiger partial charge in [0.25, 0.3) is 0 Å². The molecule has 0 spiro atoms. The van der Waals surface area contributed by atoms with Gasteiger partial charge in [-0.3, -0.25) is 4.79 Å². The van der Waals surface area contributed by atoms with Gasteiger partial charge in [-0.15, -0.1) is 0 Å². The number of alkyl halides is 3. The van der Waals surface area contributed by atoms with E-state index in [-0.39, 0.29) is 16.5 Å². The Morgan fingerprint density at radius 2 is 1.90 bits per heavy atom. The van der Waals surface area contributed by atoms with Crippen LogP contribution < -0.4 is 5.43 Å². The van der Waals surface area contributed by atoms with Gasteiger partial charge in [-0.2, -0.15) is 13.2 Å². The molecule has 4 nitrogen and oxygen atoms in total. The standard InChI is InChI=1S/C13H10F3NO3/c1-7-10(12(19)20)17(6-13(14,15)16)9-5-3-2-4-8(9)11(7)18/h2-5H,6H2,1H3,(H,19,20). The zero-order valence-corrected chi connectivity index (χ0v) is 10.4. The lowest BCUT2D eigenvalue weighted by molar-refractivity contribution is -0.140. The quantitative estimate of drug-likeness (QED) is 0.922. The van der Waals surface area contributed by atoms with E-state index in [1.165, 1.54) is 31.2 Å². The maximum absolute atomic E-state index is 12.7. The zero-order chi connectivity index (χ0) is 15.1. The highest BCUT2D eigenvalue weighted by Crippen LogP contribution is 2.23. The Morgan fingerprint density at radius 1 is 1.30 bits per heavy atom. The van der Waals surface area contributed by atoms with Gasteiger partial charge < -0.3 is 9.67 Å². The summed E-state index contributed by atoms with van der Waals surface area (Å²) in [5.74, 6) is -1.56. The maximum Gasteiger partial charge on any atom is 0.406 e. The number of fused-ring (bicyclic) bond motifs is 1. The Kier molecular flexibility index (Phi) is 3.29. The van der Waals surface area contributed by atoms with Gasteiger partial charge in [0.1, 0.15) is 12.2 Å². The molecule has 0 radical (unpaired) electrons. The predicted octanol–water partition coefficient (Wildman–Crippen LogP) is 2.57. The van der Waals surface area contributed by atoms with Gasteiger partial charge >= 0.3 is 12.1 Å². The number of halogens is 3. The van der Waals surface area contributed by atoms with Crippen LogP contribution in [0.3, 0.4) is 0 Å². The molecule has 1 heterocycles. The van der Waals surface area contributed by atoms with Crippen molar-refractivity contribution >= 4 is 16.9 Å². The van der Waals surface area contributed by atoms with Crippen LogP contribution in [0.1, 0.15) is 16.1 Å². The molecule has 0 aliphatic heterocycles. The van der Waals surface area contributed by atoms with Crippen molar-refractivity contribution in [2.45, 2.75) is 19.6 Å². The van der Waals surface area contributed by atoms with E-state index in [1.807, 2.05) is 0 Å². The van der Waals surface area contributed by atoms with Gasteiger partial charge in [0.2, 0.25) is 0 Å². The predicted molar refractivity (Wildman–Crippen MR) is 66.0 cm³/mol. The summed E-state index contributed by atoms with van der Waals surface area (Å²) in [4.78, 5) is 23.2. The summed E-state index contributed by atoms with van der Waals surface area (Å²) in [7, 11) is 0. The van der Waals surface area contributed by atoms with Gasteiger partial charge in [-0.25, -0.2) is 4.79 Å². The maximum atomic E-state index is 12.7. The summed E-state index contributed by atoms with van der Waals surface area (Å²) < 4.78 is 38.6. The molecule has 0 amide bonds. The summed E-state index contributed by atoms with van der Waals surface area (Å²) in [5, 5.41) is 9.17. The Bertz CT molecular complexity index is 747. The average Bonchev–Trinajstić information content (AvgIpc) is 2.34. The van der Waals surface area contributed by atoms with Crippen LogP contribution in [0.15, 0.2) is 29.1 Å². The third-order valence-electron chi connectivity index (χ3n) is 2.95. The lowest BCUT2D eigenvalue weighted by Crippen LogP contribution is -2.27. The first-order chi connectivity index (χ1) is 9.22. The second kappa shape index (κ2) is 4.66. The normalized spacial score (nSPS) is 11.8. The largest absolute Gasteiger partial charge is 0.477 e. The van der Waals surface area contributed by atoms with Crippen LogP contribution in [0, 0.1) is 6.92 Å². The molecule has 2 rings (SSSR count). The van der Waals surface area contributed by atoms with E-state index in [2.05, 4.69) is 0 Å². The molecule has 2 aromatic rings. The van der Waals surface area contributed by atoms with Crippen LogP contribution in [0.2, 0.25) is 0 Å². The van der Waals surface area contributed by atoms with Gasteiger partial charge in [0.15, 0.2) is 5.43 Å². The van der Waals surface area contributed by atoms with Gasteiger partial charge in [-0.1, -0.05) is 12.1 Å². The Hall–Kier alpha value is -2.31. The fourth-order valence-electron chi connectivity index (χ4n) is 2.15. The van der Waals surface area contributed by atoms with E-state index in [4.69, 9.17) is 5.11 Å². The minimum absolute atomic E-state index is 0.0437. The van der Waals surface area contributed by atoms with Gasteiger partial charge in [0.05, 0.1) is 5.52 Å². The van der Waals surface area contributed by atoms with E-state index < -0.39 is 29.8 Å². The van der Waals surface area contributed by atoms with Crippen molar-refractivity contribution in [3.63, 3.8) is 0 Å². The first-order valence-electron chi connectivity index (χ1n) is 5.64. The number of hydrogen-bond acceptors (Lipinski definition) is 2. The summed E-state index contributed by atoms with van der Waals surface area (Å²) in [6.07, 6.45) is -4.59. The Morgan fingerprint density at radius 3 is 2.45 bits per heavy atom. The Labute approximate surface area is 111 Å². The number of pyridine rings is 1. The van der Waals surface area contributed by atoms with Crippen LogP contribution in [0.4, 0.5) is 13.2 Å². The molecule has 20 heavy (non-hydrogen) atoms. The van der Waals surface area contributed by atoms with Crippen molar-refractivity contribution in [1.82, 2.24) is 4.57 Å². The number of benzene rings is 1. The molecule has 0 aliphatic rings. The lowest BCUT2D eigenvalue weighted by atomic mass is 10.1. The second-order valence-corrected chi connectivity index (χ2v) is 4.33. The number of rotatable bonds is 2. The number of carbonyl (C=O) groups is 1. The smallest absolute Gasteiger partial charge is 0.406 e. The number of hydrogen-bond donors (Lipinski definition) is 1. The van der Waals surface area contributed by atoms with Crippen LogP contribution >= 0.6 is 0 Å². The van der Waals surface area contributed by atoms with Crippen molar-refractivity contribution in [2.75, 3.05) is 0 Å². The SMILES string of the molecule is Cc1c(C(=O)O)n(CC(F)(F)F)c2ccccc2c1=O.